The van der Waals surface area contributed by atoms with Crippen molar-refractivity contribution >= 4 is 55.3 Å². The van der Waals surface area contributed by atoms with Crippen molar-refractivity contribution in [3.63, 3.8) is 0 Å². The summed E-state index contributed by atoms with van der Waals surface area (Å²) in [5, 5.41) is 4.48. The average Bonchev–Trinajstić information content (AvgIpc) is 3.83. The van der Waals surface area contributed by atoms with Gasteiger partial charge in [0.2, 0.25) is 0 Å². The topological polar surface area (TPSA) is 42.8 Å². The lowest BCUT2D eigenvalue weighted by Crippen LogP contribution is -2.20. The van der Waals surface area contributed by atoms with E-state index in [0.717, 1.165) is 61.1 Å². The summed E-state index contributed by atoms with van der Waals surface area (Å²) in [5.74, 6) is 0.669. The van der Waals surface area contributed by atoms with Crippen molar-refractivity contribution in [2.75, 3.05) is 0 Å². The molecule has 0 saturated carbocycles. The Balaban J connectivity index is 1.16. The summed E-state index contributed by atoms with van der Waals surface area (Å²) < 4.78 is 9.32. The maximum Gasteiger partial charge on any atom is 0.159 e. The molecule has 256 valence electrons. The Labute approximate surface area is 313 Å². The first-order valence-electron chi connectivity index (χ1n) is 18.6. The first kappa shape index (κ1) is 30.8. The normalized spacial score (nSPS) is 16.2. The minimum Gasteiger partial charge on any atom is -0.454 e. The zero-order chi connectivity index (χ0) is 36.1. The highest BCUT2D eigenvalue weighted by atomic mass is 16.3. The summed E-state index contributed by atoms with van der Waals surface area (Å²) in [4.78, 5) is 10.6. The van der Waals surface area contributed by atoms with Crippen LogP contribution in [0.1, 0.15) is 47.7 Å². The molecule has 7 aromatic carbocycles. The van der Waals surface area contributed by atoms with Gasteiger partial charge in [0, 0.05) is 43.7 Å². The van der Waals surface area contributed by atoms with Gasteiger partial charge in [0.05, 0.1) is 22.4 Å². The van der Waals surface area contributed by atoms with Gasteiger partial charge in [-0.25, -0.2) is 4.99 Å². The van der Waals surface area contributed by atoms with Crippen molar-refractivity contribution in [3.8, 4) is 16.8 Å². The van der Waals surface area contributed by atoms with Crippen molar-refractivity contribution in [3.05, 3.63) is 198 Å². The van der Waals surface area contributed by atoms with E-state index in [1.54, 1.807) is 0 Å². The van der Waals surface area contributed by atoms with Gasteiger partial charge in [0.1, 0.15) is 11.6 Å². The summed E-state index contributed by atoms with van der Waals surface area (Å²) in [7, 11) is 0. The van der Waals surface area contributed by atoms with Crippen molar-refractivity contribution in [1.29, 1.82) is 0 Å². The van der Waals surface area contributed by atoms with Crippen molar-refractivity contribution in [1.82, 2.24) is 4.57 Å². The molecule has 0 fully saturated rings. The van der Waals surface area contributed by atoms with Crippen LogP contribution in [0, 0.1) is 0 Å². The first-order valence-corrected chi connectivity index (χ1v) is 18.6. The number of para-hydroxylation sites is 2. The third-order valence-electron chi connectivity index (χ3n) is 11.6. The molecule has 0 bridgehead atoms. The molecule has 0 amide bonds. The summed E-state index contributed by atoms with van der Waals surface area (Å²) in [6.45, 7) is 9.22. The minimum absolute atomic E-state index is 0.121. The van der Waals surface area contributed by atoms with E-state index in [-0.39, 0.29) is 11.5 Å². The highest BCUT2D eigenvalue weighted by molar-refractivity contribution is 6.26. The van der Waals surface area contributed by atoms with E-state index in [9.17, 15) is 0 Å². The molecule has 0 saturated heterocycles. The summed E-state index contributed by atoms with van der Waals surface area (Å²) in [6.07, 6.45) is 0. The Kier molecular flexibility index (Phi) is 6.48. The molecular formula is C50H35N3O. The number of amidine groups is 1. The molecule has 4 heteroatoms. The Morgan fingerprint density at radius 3 is 2.17 bits per heavy atom. The van der Waals surface area contributed by atoms with Gasteiger partial charge in [0.15, 0.2) is 11.4 Å². The Bertz CT molecular complexity index is 3090. The molecule has 54 heavy (non-hydrogen) atoms. The molecule has 9 aromatic rings. The van der Waals surface area contributed by atoms with Crippen molar-refractivity contribution in [2.45, 2.75) is 25.3 Å². The monoisotopic (exact) mass is 693 g/mol. The highest BCUT2D eigenvalue weighted by Crippen LogP contribution is 2.51. The fraction of sp³-hybridized carbons (Fsp3) is 0.0800. The second-order valence-corrected chi connectivity index (χ2v) is 15.0. The number of benzene rings is 7. The molecular weight excluding hydrogens is 659 g/mol. The maximum atomic E-state index is 6.92. The average molecular weight is 694 g/mol. The van der Waals surface area contributed by atoms with Crippen LogP contribution >= 0.6 is 0 Å². The van der Waals surface area contributed by atoms with Crippen molar-refractivity contribution in [2.24, 2.45) is 9.98 Å². The smallest absolute Gasteiger partial charge is 0.159 e. The van der Waals surface area contributed by atoms with Gasteiger partial charge in [-0.2, -0.15) is 0 Å². The zero-order valence-corrected chi connectivity index (χ0v) is 30.0. The molecule has 0 radical (unpaired) electrons. The summed E-state index contributed by atoms with van der Waals surface area (Å²) in [5.41, 5.74) is 15.0. The third kappa shape index (κ3) is 4.31. The highest BCUT2D eigenvalue weighted by Gasteiger charge is 2.36. The van der Waals surface area contributed by atoms with Crippen LogP contribution in [-0.4, -0.2) is 16.1 Å². The fourth-order valence-electron chi connectivity index (χ4n) is 9.04. The standard InChI is InChI=1S/C50H35N3O/c1-30-46(31-16-6-4-7-17-31)51-49(52-47(30)32-18-8-5-9-19-32)36-23-15-27-44-45(36)35-22-14-26-42(48(35)54-44)53-41-25-13-11-21-34(41)38-28-37-33-20-10-12-24-39(33)50(2,3)40(37)29-43(38)53/h4-29,46H,1H2,2-3H3. The molecule has 2 aromatic heterocycles. The van der Waals surface area contributed by atoms with Crippen LogP contribution in [0.2, 0.25) is 0 Å². The maximum absolute atomic E-state index is 6.92. The molecule has 2 aliphatic rings. The Morgan fingerprint density at radius 1 is 0.611 bits per heavy atom. The number of furan rings is 1. The van der Waals surface area contributed by atoms with E-state index in [2.05, 4.69) is 152 Å². The Hall–Kier alpha value is -6.78. The van der Waals surface area contributed by atoms with Gasteiger partial charge in [-0.1, -0.05) is 148 Å². The number of rotatable bonds is 4. The molecule has 11 rings (SSSR count). The molecule has 1 unspecified atom stereocenters. The fourth-order valence-corrected chi connectivity index (χ4v) is 9.04. The molecule has 3 heterocycles. The van der Waals surface area contributed by atoms with Crippen LogP contribution in [0.4, 0.5) is 0 Å². The predicted octanol–water partition coefficient (Wildman–Crippen LogP) is 12.5. The largest absolute Gasteiger partial charge is 0.454 e. The number of aromatic nitrogens is 1. The SMILES string of the molecule is C=C1C(c2ccccc2)=NC(c2cccc3oc4c(-n5c6ccccc6c6cc7c(cc65)C(C)(C)c5ccccc5-7)cccc4c23)=NC1c1ccccc1. The number of hydrogen-bond acceptors (Lipinski definition) is 3. The molecule has 0 spiro atoms. The lowest BCUT2D eigenvalue weighted by molar-refractivity contribution is 0.660. The van der Waals surface area contributed by atoms with Crippen LogP contribution in [0.5, 0.6) is 0 Å². The number of hydrogen-bond donors (Lipinski definition) is 0. The van der Waals surface area contributed by atoms with Crippen LogP contribution in [-0.2, 0) is 5.41 Å². The van der Waals surface area contributed by atoms with E-state index in [1.807, 2.05) is 30.3 Å². The summed E-state index contributed by atoms with van der Waals surface area (Å²) >= 11 is 0. The van der Waals surface area contributed by atoms with E-state index >= 15 is 0 Å². The van der Waals surface area contributed by atoms with E-state index in [4.69, 9.17) is 14.4 Å². The lowest BCUT2D eigenvalue weighted by Gasteiger charge is -2.24. The molecule has 0 N–H and O–H groups in total. The van der Waals surface area contributed by atoms with Crippen LogP contribution in [0.3, 0.4) is 0 Å². The molecule has 1 aliphatic heterocycles. The third-order valence-corrected chi connectivity index (χ3v) is 11.6. The molecule has 1 atom stereocenters. The Morgan fingerprint density at radius 2 is 1.31 bits per heavy atom. The van der Waals surface area contributed by atoms with Gasteiger partial charge < -0.3 is 8.98 Å². The minimum atomic E-state index is -0.271. The molecule has 4 nitrogen and oxygen atoms in total. The second-order valence-electron chi connectivity index (χ2n) is 15.0. The first-order chi connectivity index (χ1) is 26.5. The lowest BCUT2D eigenvalue weighted by atomic mass is 9.82. The predicted molar refractivity (Wildman–Crippen MR) is 223 cm³/mol. The van der Waals surface area contributed by atoms with Gasteiger partial charge in [0.25, 0.3) is 0 Å². The number of aliphatic imine (C=N–C) groups is 2. The van der Waals surface area contributed by atoms with Gasteiger partial charge in [-0.05, 0) is 58.1 Å². The van der Waals surface area contributed by atoms with E-state index < -0.39 is 0 Å². The van der Waals surface area contributed by atoms with Crippen LogP contribution < -0.4 is 0 Å². The van der Waals surface area contributed by atoms with Crippen LogP contribution in [0.15, 0.2) is 184 Å². The summed E-state index contributed by atoms with van der Waals surface area (Å²) in [6, 6.07) is 55.5. The van der Waals surface area contributed by atoms with Gasteiger partial charge in [-0.3, -0.25) is 4.99 Å². The van der Waals surface area contributed by atoms with Gasteiger partial charge in [-0.15, -0.1) is 0 Å². The molecule has 1 aliphatic carbocycles. The number of nitrogens with zero attached hydrogens (tertiary/aromatic N) is 3. The van der Waals surface area contributed by atoms with Crippen molar-refractivity contribution < 1.29 is 4.42 Å². The quantitative estimate of drug-likeness (QED) is 0.181. The van der Waals surface area contributed by atoms with E-state index in [0.29, 0.717) is 5.84 Å². The zero-order valence-electron chi connectivity index (χ0n) is 30.0. The van der Waals surface area contributed by atoms with E-state index in [1.165, 1.54) is 38.5 Å². The van der Waals surface area contributed by atoms with Gasteiger partial charge >= 0.3 is 0 Å². The second kappa shape index (κ2) is 11.4. The van der Waals surface area contributed by atoms with Crippen LogP contribution in [0.25, 0.3) is 60.6 Å². The number of fused-ring (bicyclic) bond motifs is 9.